The maximum Gasteiger partial charge on any atom is 0.414 e. The second-order valence-electron chi connectivity index (χ2n) is 8.40. The van der Waals surface area contributed by atoms with Gasteiger partial charge >= 0.3 is 6.09 Å². The number of rotatable bonds is 7. The van der Waals surface area contributed by atoms with Crippen LogP contribution in [0.1, 0.15) is 18.4 Å². The molecule has 2 fully saturated rings. The third-order valence-corrected chi connectivity index (χ3v) is 6.46. The minimum Gasteiger partial charge on any atom is -0.444 e. The third kappa shape index (κ3) is 5.76. The predicted molar refractivity (Wildman–Crippen MR) is 129 cm³/mol. The monoisotopic (exact) mass is 524 g/mol. The van der Waals surface area contributed by atoms with E-state index in [0.29, 0.717) is 31.2 Å². The number of nitrogens with zero attached hydrogens (tertiary/aromatic N) is 3. The fourth-order valence-electron chi connectivity index (χ4n) is 4.17. The van der Waals surface area contributed by atoms with Gasteiger partial charge in [-0.25, -0.2) is 27.8 Å². The molecule has 1 N–H and O–H groups in total. The third-order valence-electron chi connectivity index (χ3n) is 6.00. The average Bonchev–Trinajstić information content (AvgIpc) is 3.06. The number of Topliss-reactive ketones (excluding diaryl/α,β-unsaturated/α-hetero) is 1. The van der Waals surface area contributed by atoms with Gasteiger partial charge in [-0.3, -0.25) is 14.7 Å². The van der Waals surface area contributed by atoms with E-state index in [9.17, 15) is 18.4 Å². The number of thiocarbonyl (C=S) groups is 1. The van der Waals surface area contributed by atoms with E-state index in [1.807, 2.05) is 30.3 Å². The number of amides is 1. The van der Waals surface area contributed by atoms with Crippen molar-refractivity contribution < 1.29 is 31.9 Å². The van der Waals surface area contributed by atoms with E-state index in [2.05, 4.69) is 5.43 Å². The van der Waals surface area contributed by atoms with Crippen LogP contribution in [0.2, 0.25) is 0 Å². The molecule has 2 aromatic rings. The first-order chi connectivity index (χ1) is 17.2. The fourth-order valence-corrected chi connectivity index (χ4v) is 4.46. The van der Waals surface area contributed by atoms with E-state index in [-0.39, 0.29) is 24.3 Å². The van der Waals surface area contributed by atoms with E-state index < -0.39 is 42.5 Å². The Kier molecular flexibility index (Phi) is 8.04. The van der Waals surface area contributed by atoms with Gasteiger partial charge in [0.25, 0.3) is 6.43 Å². The van der Waals surface area contributed by atoms with Crippen LogP contribution < -0.4 is 15.2 Å². The van der Waals surface area contributed by atoms with Crippen molar-refractivity contribution >= 4 is 40.5 Å². The lowest BCUT2D eigenvalue weighted by Gasteiger charge is -2.26. The number of hydrogen-bond donors (Lipinski definition) is 1. The van der Waals surface area contributed by atoms with Crippen LogP contribution in [0.15, 0.2) is 42.5 Å². The maximum absolute atomic E-state index is 15.1. The molecule has 0 radical (unpaired) electrons. The highest BCUT2D eigenvalue weighted by molar-refractivity contribution is 7.80. The number of cyclic esters (lactones) is 1. The summed E-state index contributed by atoms with van der Waals surface area (Å²) in [5.74, 6) is -2.96. The number of hydrazine groups is 1. The largest absolute Gasteiger partial charge is 0.444 e. The summed E-state index contributed by atoms with van der Waals surface area (Å²) < 4.78 is 60.1. The number of nitrogens with one attached hydrogen (secondary N) is 1. The first-order valence-corrected chi connectivity index (χ1v) is 11.8. The topological polar surface area (TPSA) is 65.1 Å². The predicted octanol–water partition coefficient (Wildman–Crippen LogP) is 3.91. The smallest absolute Gasteiger partial charge is 0.414 e. The van der Waals surface area contributed by atoms with Gasteiger partial charge < -0.3 is 9.64 Å². The van der Waals surface area contributed by atoms with E-state index >= 15 is 8.78 Å². The highest BCUT2D eigenvalue weighted by Gasteiger charge is 2.34. The lowest BCUT2D eigenvalue weighted by atomic mass is 10.1. The van der Waals surface area contributed by atoms with E-state index in [1.54, 1.807) is 9.91 Å². The quantitative estimate of drug-likeness (QED) is 0.435. The molecule has 7 nitrogen and oxygen atoms in total. The van der Waals surface area contributed by atoms with Gasteiger partial charge in [-0.1, -0.05) is 42.5 Å². The molecule has 2 saturated heterocycles. The summed E-state index contributed by atoms with van der Waals surface area (Å²) >= 11 is 5.54. The molecule has 12 heteroatoms. The van der Waals surface area contributed by atoms with Crippen molar-refractivity contribution in [3.63, 3.8) is 0 Å². The Bertz CT molecular complexity index is 1110. The standard InChI is InChI=1S/C24H24F4N4O3S/c25-18-12-16(31-14-17(35-24(31)34)6-7-20(33)22(27)28)13-19(26)21(18)30-9-8-29-32(11-10-30)23(36)15-4-2-1-3-5-15/h1-5,12-13,17,22,29H,6-11,14H2/t17-/m0/s1. The second-order valence-corrected chi connectivity index (χ2v) is 8.78. The van der Waals surface area contributed by atoms with Crippen molar-refractivity contribution in [3.05, 3.63) is 59.7 Å². The SMILES string of the molecule is O=C(CC[C@H]1CN(c2cc(F)c(N3CCNN(C(=S)c4ccccc4)CC3)c(F)c2)C(=O)O1)C(F)F. The van der Waals surface area contributed by atoms with Gasteiger partial charge in [0.1, 0.15) is 16.8 Å². The number of anilines is 2. The van der Waals surface area contributed by atoms with Crippen molar-refractivity contribution in [2.75, 3.05) is 42.5 Å². The Balaban J connectivity index is 1.43. The van der Waals surface area contributed by atoms with E-state index in [4.69, 9.17) is 17.0 Å². The number of benzene rings is 2. The Labute approximate surface area is 210 Å². The second kappa shape index (κ2) is 11.2. The van der Waals surface area contributed by atoms with Crippen LogP contribution in [0.4, 0.5) is 33.7 Å². The van der Waals surface area contributed by atoms with Crippen molar-refractivity contribution in [1.82, 2.24) is 10.4 Å². The van der Waals surface area contributed by atoms with Crippen molar-refractivity contribution in [3.8, 4) is 0 Å². The van der Waals surface area contributed by atoms with Crippen LogP contribution in [-0.2, 0) is 9.53 Å². The molecule has 0 saturated carbocycles. The molecular formula is C24H24F4N4O3S. The number of halogens is 4. The first-order valence-electron chi connectivity index (χ1n) is 11.4. The van der Waals surface area contributed by atoms with Gasteiger partial charge in [-0.2, -0.15) is 0 Å². The first kappa shape index (κ1) is 25.8. The van der Waals surface area contributed by atoms with Crippen molar-refractivity contribution in [2.45, 2.75) is 25.4 Å². The molecule has 0 spiro atoms. The van der Waals surface area contributed by atoms with Crippen LogP contribution in [0, 0.1) is 11.6 Å². The number of hydrogen-bond acceptors (Lipinski definition) is 6. The zero-order chi connectivity index (χ0) is 25.8. The highest BCUT2D eigenvalue weighted by Crippen LogP contribution is 2.32. The molecule has 2 aliphatic heterocycles. The van der Waals surface area contributed by atoms with Gasteiger partial charge in [-0.05, 0) is 6.42 Å². The molecule has 0 unspecified atom stereocenters. The molecule has 0 bridgehead atoms. The number of ketones is 1. The highest BCUT2D eigenvalue weighted by atomic mass is 32.1. The van der Waals surface area contributed by atoms with Crippen LogP contribution in [0.3, 0.4) is 0 Å². The Morgan fingerprint density at radius 1 is 1.11 bits per heavy atom. The molecule has 4 rings (SSSR count). The van der Waals surface area contributed by atoms with Crippen LogP contribution in [0.5, 0.6) is 0 Å². The zero-order valence-corrected chi connectivity index (χ0v) is 19.9. The molecule has 2 aliphatic rings. The van der Waals surface area contributed by atoms with E-state index in [1.165, 1.54) is 0 Å². The molecule has 0 aliphatic carbocycles. The Morgan fingerprint density at radius 3 is 2.47 bits per heavy atom. The lowest BCUT2D eigenvalue weighted by Crippen LogP contribution is -2.43. The van der Waals surface area contributed by atoms with Crippen LogP contribution in [0.25, 0.3) is 0 Å². The molecular weight excluding hydrogens is 500 g/mol. The molecule has 2 heterocycles. The number of ether oxygens (including phenoxy) is 1. The van der Waals surface area contributed by atoms with Gasteiger partial charge in [0.05, 0.1) is 18.8 Å². The van der Waals surface area contributed by atoms with Gasteiger partial charge in [0.15, 0.2) is 17.4 Å². The molecule has 36 heavy (non-hydrogen) atoms. The summed E-state index contributed by atoms with van der Waals surface area (Å²) in [5, 5.41) is 1.77. The van der Waals surface area contributed by atoms with Gasteiger partial charge in [-0.15, -0.1) is 0 Å². The number of carbonyl (C=O) groups excluding carboxylic acids is 2. The van der Waals surface area contributed by atoms with Gasteiger partial charge in [0, 0.05) is 43.8 Å². The van der Waals surface area contributed by atoms with E-state index in [0.717, 1.165) is 22.6 Å². The summed E-state index contributed by atoms with van der Waals surface area (Å²) in [6.07, 6.45) is -5.35. The Hall–Kier alpha value is -3.25. The molecule has 2 aromatic carbocycles. The molecule has 0 aromatic heterocycles. The fraction of sp³-hybridized carbons (Fsp3) is 0.375. The normalized spacial score (nSPS) is 18.4. The summed E-state index contributed by atoms with van der Waals surface area (Å²) in [6, 6.07) is 11.5. The number of alkyl halides is 2. The van der Waals surface area contributed by atoms with Gasteiger partial charge in [0.2, 0.25) is 0 Å². The average molecular weight is 525 g/mol. The summed E-state index contributed by atoms with van der Waals surface area (Å²) in [7, 11) is 0. The number of carbonyl (C=O) groups is 2. The molecule has 1 atom stereocenters. The van der Waals surface area contributed by atoms with Crippen LogP contribution in [-0.4, -0.2) is 67.1 Å². The molecule has 1 amide bonds. The minimum absolute atomic E-state index is 0.0544. The summed E-state index contributed by atoms with van der Waals surface area (Å²) in [6.45, 7) is 1.27. The summed E-state index contributed by atoms with van der Waals surface area (Å²) in [5.41, 5.74) is 3.75. The summed E-state index contributed by atoms with van der Waals surface area (Å²) in [4.78, 5) is 26.5. The van der Waals surface area contributed by atoms with Crippen LogP contribution >= 0.6 is 12.2 Å². The maximum atomic E-state index is 15.1. The zero-order valence-electron chi connectivity index (χ0n) is 19.1. The Morgan fingerprint density at radius 2 is 1.81 bits per heavy atom. The van der Waals surface area contributed by atoms with Crippen molar-refractivity contribution in [2.24, 2.45) is 0 Å². The minimum atomic E-state index is -3.09. The van der Waals surface area contributed by atoms with Crippen molar-refractivity contribution in [1.29, 1.82) is 0 Å². The molecule has 192 valence electrons. The lowest BCUT2D eigenvalue weighted by molar-refractivity contribution is -0.129.